The lowest BCUT2D eigenvalue weighted by molar-refractivity contribution is -0.152. The maximum atomic E-state index is 12.0. The number of ether oxygens (including phenoxy) is 3. The van der Waals surface area contributed by atoms with Crippen LogP contribution in [-0.2, 0) is 9.53 Å². The zero-order valence-electron chi connectivity index (χ0n) is 13.6. The van der Waals surface area contributed by atoms with Crippen molar-refractivity contribution in [3.63, 3.8) is 0 Å². The van der Waals surface area contributed by atoms with Crippen molar-refractivity contribution < 1.29 is 24.1 Å². The number of carboxylic acid groups (broad SMARTS) is 1. The highest BCUT2D eigenvalue weighted by molar-refractivity contribution is 5.78. The van der Waals surface area contributed by atoms with Gasteiger partial charge in [-0.1, -0.05) is 12.1 Å². The number of benzene rings is 1. The number of fused-ring (bicyclic) bond motifs is 3. The molecule has 0 aromatic heterocycles. The number of para-hydroxylation sites is 1. The molecule has 0 radical (unpaired) electrons. The molecule has 3 rings (SSSR count). The summed E-state index contributed by atoms with van der Waals surface area (Å²) in [6, 6.07) is 5.68. The highest BCUT2D eigenvalue weighted by Gasteiger charge is 2.56. The number of rotatable bonds is 6. The second-order valence-corrected chi connectivity index (χ2v) is 6.11. The van der Waals surface area contributed by atoms with E-state index in [4.69, 9.17) is 14.2 Å². The van der Waals surface area contributed by atoms with Gasteiger partial charge in [-0.05, 0) is 13.0 Å². The van der Waals surface area contributed by atoms with Gasteiger partial charge in [0.1, 0.15) is 12.0 Å². The molecular formula is C17H23NO5. The van der Waals surface area contributed by atoms with Crippen LogP contribution in [0.2, 0.25) is 0 Å². The third-order valence-electron chi connectivity index (χ3n) is 4.87. The summed E-state index contributed by atoms with van der Waals surface area (Å²) in [5.74, 6) is 0.452. The Hall–Kier alpha value is -1.79. The molecule has 0 amide bonds. The summed E-state index contributed by atoms with van der Waals surface area (Å²) in [6.07, 6.45) is 0. The van der Waals surface area contributed by atoms with Crippen molar-refractivity contribution in [2.75, 3.05) is 46.6 Å². The van der Waals surface area contributed by atoms with Gasteiger partial charge in [-0.3, -0.25) is 9.69 Å². The number of carboxylic acids is 1. The molecule has 126 valence electrons. The van der Waals surface area contributed by atoms with Gasteiger partial charge < -0.3 is 19.3 Å². The summed E-state index contributed by atoms with van der Waals surface area (Å²) in [5.41, 5.74) is 0.0305. The van der Waals surface area contributed by atoms with Crippen molar-refractivity contribution in [2.24, 2.45) is 5.41 Å². The molecule has 1 fully saturated rings. The van der Waals surface area contributed by atoms with Crippen LogP contribution >= 0.6 is 0 Å². The van der Waals surface area contributed by atoms with E-state index in [9.17, 15) is 9.90 Å². The van der Waals surface area contributed by atoms with Crippen LogP contribution in [0.5, 0.6) is 11.5 Å². The zero-order valence-corrected chi connectivity index (χ0v) is 13.6. The fourth-order valence-corrected chi connectivity index (χ4v) is 3.66. The molecular weight excluding hydrogens is 298 g/mol. The SMILES string of the molecule is CCOCCN1C[C@H]2c3cccc(OC)c3OC[C@@]2(C(=O)O)C1. The van der Waals surface area contributed by atoms with E-state index in [1.165, 1.54) is 0 Å². The maximum absolute atomic E-state index is 12.0. The summed E-state index contributed by atoms with van der Waals surface area (Å²) >= 11 is 0. The lowest BCUT2D eigenvalue weighted by Crippen LogP contribution is -2.45. The molecule has 0 unspecified atom stereocenters. The normalized spacial score (nSPS) is 26.3. The van der Waals surface area contributed by atoms with Crippen molar-refractivity contribution >= 4 is 5.97 Å². The van der Waals surface area contributed by atoms with Gasteiger partial charge in [0, 0.05) is 37.7 Å². The number of nitrogens with zero attached hydrogens (tertiary/aromatic N) is 1. The smallest absolute Gasteiger partial charge is 0.315 e. The molecule has 1 saturated heterocycles. The van der Waals surface area contributed by atoms with Gasteiger partial charge in [-0.2, -0.15) is 0 Å². The molecule has 1 N–H and O–H groups in total. The average molecular weight is 321 g/mol. The lowest BCUT2D eigenvalue weighted by atomic mass is 9.73. The second-order valence-electron chi connectivity index (χ2n) is 6.11. The minimum atomic E-state index is -0.897. The molecule has 0 saturated carbocycles. The van der Waals surface area contributed by atoms with Crippen LogP contribution in [0.15, 0.2) is 18.2 Å². The molecule has 6 nitrogen and oxygen atoms in total. The van der Waals surface area contributed by atoms with Gasteiger partial charge >= 0.3 is 5.97 Å². The zero-order chi connectivity index (χ0) is 16.4. The van der Waals surface area contributed by atoms with E-state index in [1.807, 2.05) is 25.1 Å². The van der Waals surface area contributed by atoms with Gasteiger partial charge in [0.05, 0.1) is 13.7 Å². The van der Waals surface area contributed by atoms with Crippen LogP contribution in [0.1, 0.15) is 18.4 Å². The average Bonchev–Trinajstić information content (AvgIpc) is 2.95. The van der Waals surface area contributed by atoms with E-state index in [0.717, 1.165) is 12.1 Å². The number of aliphatic carboxylic acids is 1. The molecule has 1 aromatic carbocycles. The quantitative estimate of drug-likeness (QED) is 0.803. The van der Waals surface area contributed by atoms with Gasteiger partial charge in [0.25, 0.3) is 0 Å². The van der Waals surface area contributed by atoms with Crippen molar-refractivity contribution in [2.45, 2.75) is 12.8 Å². The maximum Gasteiger partial charge on any atom is 0.315 e. The first-order chi connectivity index (χ1) is 11.1. The molecule has 2 aliphatic heterocycles. The fourth-order valence-electron chi connectivity index (χ4n) is 3.66. The molecule has 2 aliphatic rings. The van der Waals surface area contributed by atoms with Crippen LogP contribution in [0.3, 0.4) is 0 Å². The van der Waals surface area contributed by atoms with Crippen LogP contribution in [0.25, 0.3) is 0 Å². The van der Waals surface area contributed by atoms with Crippen molar-refractivity contribution in [1.29, 1.82) is 0 Å². The topological polar surface area (TPSA) is 68.2 Å². The van der Waals surface area contributed by atoms with Crippen molar-refractivity contribution in [3.05, 3.63) is 23.8 Å². The second kappa shape index (κ2) is 6.37. The Morgan fingerprint density at radius 3 is 3.04 bits per heavy atom. The Balaban J connectivity index is 1.91. The number of methoxy groups -OCH3 is 1. The van der Waals surface area contributed by atoms with Crippen LogP contribution < -0.4 is 9.47 Å². The van der Waals surface area contributed by atoms with Crippen molar-refractivity contribution in [3.8, 4) is 11.5 Å². The van der Waals surface area contributed by atoms with Gasteiger partial charge in [-0.15, -0.1) is 0 Å². The number of likely N-dealkylation sites (tertiary alicyclic amines) is 1. The standard InChI is InChI=1S/C17H23NO5/c1-3-22-8-7-18-9-13-12-5-4-6-14(21-2)15(12)23-11-17(13,10-18)16(19)20/h4-6,13H,3,7-11H2,1-2H3,(H,19,20)/t13-,17-/m0/s1. The molecule has 0 bridgehead atoms. The highest BCUT2D eigenvalue weighted by Crippen LogP contribution is 2.52. The van der Waals surface area contributed by atoms with E-state index in [2.05, 4.69) is 4.90 Å². The Bertz CT molecular complexity index is 590. The molecule has 1 aromatic rings. The fraction of sp³-hybridized carbons (Fsp3) is 0.588. The Kier molecular flexibility index (Phi) is 4.46. The van der Waals surface area contributed by atoms with E-state index in [0.29, 0.717) is 37.8 Å². The molecule has 2 atom stereocenters. The Labute approximate surface area is 135 Å². The predicted octanol–water partition coefficient (Wildman–Crippen LogP) is 1.59. The summed E-state index contributed by atoms with van der Waals surface area (Å²) < 4.78 is 16.6. The number of hydrogen-bond donors (Lipinski definition) is 1. The summed E-state index contributed by atoms with van der Waals surface area (Å²) in [5, 5.41) is 9.87. The third-order valence-corrected chi connectivity index (χ3v) is 4.87. The minimum absolute atomic E-state index is 0.0968. The van der Waals surface area contributed by atoms with Gasteiger partial charge in [0.15, 0.2) is 11.5 Å². The molecule has 6 heteroatoms. The molecule has 0 aliphatic carbocycles. The van der Waals surface area contributed by atoms with E-state index in [-0.39, 0.29) is 12.5 Å². The van der Waals surface area contributed by atoms with Gasteiger partial charge in [-0.25, -0.2) is 0 Å². The molecule has 23 heavy (non-hydrogen) atoms. The summed E-state index contributed by atoms with van der Waals surface area (Å²) in [7, 11) is 1.60. The monoisotopic (exact) mass is 321 g/mol. The first-order valence-electron chi connectivity index (χ1n) is 7.95. The van der Waals surface area contributed by atoms with Crippen molar-refractivity contribution in [1.82, 2.24) is 4.90 Å². The predicted molar refractivity (Wildman–Crippen MR) is 84.2 cm³/mol. The Morgan fingerprint density at radius 2 is 2.35 bits per heavy atom. The summed E-state index contributed by atoms with van der Waals surface area (Å²) in [6.45, 7) is 5.33. The van der Waals surface area contributed by atoms with Gasteiger partial charge in [0.2, 0.25) is 0 Å². The van der Waals surface area contributed by atoms with Crippen LogP contribution in [-0.4, -0.2) is 62.5 Å². The molecule has 0 spiro atoms. The number of carbonyl (C=O) groups is 1. The van der Waals surface area contributed by atoms with Crippen LogP contribution in [0, 0.1) is 5.41 Å². The molecule has 2 heterocycles. The van der Waals surface area contributed by atoms with Crippen LogP contribution in [0.4, 0.5) is 0 Å². The minimum Gasteiger partial charge on any atom is -0.493 e. The highest BCUT2D eigenvalue weighted by atomic mass is 16.5. The van der Waals surface area contributed by atoms with E-state index < -0.39 is 11.4 Å². The van der Waals surface area contributed by atoms with E-state index in [1.54, 1.807) is 7.11 Å². The Morgan fingerprint density at radius 1 is 1.52 bits per heavy atom. The largest absolute Gasteiger partial charge is 0.493 e. The summed E-state index contributed by atoms with van der Waals surface area (Å²) in [4.78, 5) is 14.2. The number of hydrogen-bond acceptors (Lipinski definition) is 5. The lowest BCUT2D eigenvalue weighted by Gasteiger charge is -2.36. The van der Waals surface area contributed by atoms with E-state index >= 15 is 0 Å². The third kappa shape index (κ3) is 2.66. The first kappa shape index (κ1) is 16.1. The first-order valence-corrected chi connectivity index (χ1v) is 7.95.